The number of carbonyl (C=O) groups excluding carboxylic acids is 1. The highest BCUT2D eigenvalue weighted by Gasteiger charge is 2.08. The van der Waals surface area contributed by atoms with Gasteiger partial charge in [0.2, 0.25) is 5.91 Å². The predicted octanol–water partition coefficient (Wildman–Crippen LogP) is 4.90. The maximum Gasteiger partial charge on any atom is 0.234 e. The van der Waals surface area contributed by atoms with Crippen molar-refractivity contribution in [1.82, 2.24) is 0 Å². The smallest absolute Gasteiger partial charge is 0.234 e. The number of hydrogen-bond acceptors (Lipinski definition) is 3. The van der Waals surface area contributed by atoms with Crippen molar-refractivity contribution in [3.05, 3.63) is 54.1 Å². The van der Waals surface area contributed by atoms with Crippen LogP contribution in [0.15, 0.2) is 53.4 Å². The Balaban J connectivity index is 1.88. The quantitative estimate of drug-likeness (QED) is 0.553. The molecule has 0 heterocycles. The van der Waals surface area contributed by atoms with Gasteiger partial charge in [0.15, 0.2) is 0 Å². The maximum atomic E-state index is 12.1. The summed E-state index contributed by atoms with van der Waals surface area (Å²) < 4.78 is 5.73. The topological polar surface area (TPSA) is 38.3 Å². The molecule has 2 aromatic carbocycles. The first-order chi connectivity index (χ1) is 11.2. The number of aryl methyl sites for hydroxylation is 1. The molecule has 0 atom stereocenters. The SMILES string of the molecule is CCCCOc1ccccc1NC(=O)CSc1ccc(C)cc1. The van der Waals surface area contributed by atoms with Crippen molar-refractivity contribution in [3.63, 3.8) is 0 Å². The summed E-state index contributed by atoms with van der Waals surface area (Å²) in [7, 11) is 0. The lowest BCUT2D eigenvalue weighted by molar-refractivity contribution is -0.113. The van der Waals surface area contributed by atoms with E-state index in [0.717, 1.165) is 29.2 Å². The normalized spacial score (nSPS) is 10.3. The third kappa shape index (κ3) is 5.99. The number of carbonyl (C=O) groups is 1. The van der Waals surface area contributed by atoms with Gasteiger partial charge in [0, 0.05) is 4.90 Å². The number of ether oxygens (including phenoxy) is 1. The molecular formula is C19H23NO2S. The van der Waals surface area contributed by atoms with Gasteiger partial charge in [0.05, 0.1) is 18.0 Å². The van der Waals surface area contributed by atoms with E-state index in [9.17, 15) is 4.79 Å². The van der Waals surface area contributed by atoms with Crippen LogP contribution in [0.1, 0.15) is 25.3 Å². The van der Waals surface area contributed by atoms with Crippen molar-refractivity contribution >= 4 is 23.4 Å². The molecule has 0 saturated heterocycles. The van der Waals surface area contributed by atoms with Crippen LogP contribution >= 0.6 is 11.8 Å². The molecule has 0 bridgehead atoms. The molecule has 4 heteroatoms. The van der Waals surface area contributed by atoms with Crippen LogP contribution in [0.3, 0.4) is 0 Å². The zero-order chi connectivity index (χ0) is 16.5. The second kappa shape index (κ2) is 9.26. The number of anilines is 1. The van der Waals surface area contributed by atoms with E-state index in [1.807, 2.05) is 36.4 Å². The lowest BCUT2D eigenvalue weighted by Gasteiger charge is -2.12. The minimum atomic E-state index is -0.0258. The number of benzene rings is 2. The number of amides is 1. The van der Waals surface area contributed by atoms with Crippen molar-refractivity contribution in [2.24, 2.45) is 0 Å². The fourth-order valence-corrected chi connectivity index (χ4v) is 2.69. The molecule has 122 valence electrons. The van der Waals surface area contributed by atoms with Gasteiger partial charge in [-0.15, -0.1) is 11.8 Å². The van der Waals surface area contributed by atoms with Gasteiger partial charge in [-0.2, -0.15) is 0 Å². The molecule has 2 rings (SSSR count). The van der Waals surface area contributed by atoms with Crippen molar-refractivity contribution in [1.29, 1.82) is 0 Å². The Morgan fingerprint density at radius 3 is 2.61 bits per heavy atom. The summed E-state index contributed by atoms with van der Waals surface area (Å²) in [6, 6.07) is 15.7. The number of rotatable bonds is 8. The molecule has 1 N–H and O–H groups in total. The zero-order valence-corrected chi connectivity index (χ0v) is 14.5. The molecule has 23 heavy (non-hydrogen) atoms. The van der Waals surface area contributed by atoms with Gasteiger partial charge >= 0.3 is 0 Å². The Labute approximate surface area is 142 Å². The molecule has 1 amide bonds. The van der Waals surface area contributed by atoms with Crippen LogP contribution in [0.2, 0.25) is 0 Å². The molecule has 0 unspecified atom stereocenters. The van der Waals surface area contributed by atoms with Crippen LogP contribution in [-0.2, 0) is 4.79 Å². The standard InChI is InChI=1S/C19H23NO2S/c1-3-4-13-22-18-8-6-5-7-17(18)20-19(21)14-23-16-11-9-15(2)10-12-16/h5-12H,3-4,13-14H2,1-2H3,(H,20,21). The van der Waals surface area contributed by atoms with Crippen molar-refractivity contribution in [2.45, 2.75) is 31.6 Å². The first-order valence-electron chi connectivity index (χ1n) is 7.90. The molecule has 0 aliphatic carbocycles. The van der Waals surface area contributed by atoms with Gasteiger partial charge in [-0.05, 0) is 37.6 Å². The van der Waals surface area contributed by atoms with E-state index in [1.165, 1.54) is 17.3 Å². The minimum absolute atomic E-state index is 0.0258. The number of nitrogens with one attached hydrogen (secondary N) is 1. The molecular weight excluding hydrogens is 306 g/mol. The van der Waals surface area contributed by atoms with Crippen LogP contribution in [0.25, 0.3) is 0 Å². The number of hydrogen-bond donors (Lipinski definition) is 1. The largest absolute Gasteiger partial charge is 0.491 e. The van der Waals surface area contributed by atoms with Crippen LogP contribution < -0.4 is 10.1 Å². The number of para-hydroxylation sites is 2. The fraction of sp³-hybridized carbons (Fsp3) is 0.316. The molecule has 3 nitrogen and oxygen atoms in total. The lowest BCUT2D eigenvalue weighted by Crippen LogP contribution is -2.15. The van der Waals surface area contributed by atoms with E-state index in [-0.39, 0.29) is 5.91 Å². The van der Waals surface area contributed by atoms with E-state index in [0.29, 0.717) is 12.4 Å². The third-order valence-corrected chi connectivity index (χ3v) is 4.32. The Hall–Kier alpha value is -1.94. The number of thioether (sulfide) groups is 1. The van der Waals surface area contributed by atoms with Crippen LogP contribution in [0.5, 0.6) is 5.75 Å². The monoisotopic (exact) mass is 329 g/mol. The molecule has 0 radical (unpaired) electrons. The lowest BCUT2D eigenvalue weighted by atomic mass is 10.2. The van der Waals surface area contributed by atoms with Gasteiger partial charge in [0.25, 0.3) is 0 Å². The van der Waals surface area contributed by atoms with Gasteiger partial charge in [-0.1, -0.05) is 43.2 Å². The second-order valence-corrected chi connectivity index (χ2v) is 6.40. The summed E-state index contributed by atoms with van der Waals surface area (Å²) in [5, 5.41) is 2.93. The predicted molar refractivity (Wildman–Crippen MR) is 97.4 cm³/mol. The number of unbranched alkanes of at least 4 members (excludes halogenated alkanes) is 1. The van der Waals surface area contributed by atoms with E-state index in [1.54, 1.807) is 0 Å². The first kappa shape index (κ1) is 17.4. The molecule has 0 spiro atoms. The van der Waals surface area contributed by atoms with E-state index < -0.39 is 0 Å². The van der Waals surface area contributed by atoms with E-state index in [2.05, 4.69) is 31.3 Å². The summed E-state index contributed by atoms with van der Waals surface area (Å²) in [6.07, 6.45) is 2.09. The molecule has 0 aliphatic rings. The Kier molecular flexibility index (Phi) is 7.01. The van der Waals surface area contributed by atoms with Crippen molar-refractivity contribution in [2.75, 3.05) is 17.7 Å². The molecule has 0 aromatic heterocycles. The summed E-state index contributed by atoms with van der Waals surface area (Å²) in [5.74, 6) is 1.09. The van der Waals surface area contributed by atoms with E-state index in [4.69, 9.17) is 4.74 Å². The van der Waals surface area contributed by atoms with Crippen LogP contribution in [-0.4, -0.2) is 18.3 Å². The summed E-state index contributed by atoms with van der Waals surface area (Å²) >= 11 is 1.53. The van der Waals surface area contributed by atoms with Gasteiger partial charge in [0.1, 0.15) is 5.75 Å². The van der Waals surface area contributed by atoms with E-state index >= 15 is 0 Å². The molecule has 0 fully saturated rings. The van der Waals surface area contributed by atoms with Crippen molar-refractivity contribution in [3.8, 4) is 5.75 Å². The second-order valence-electron chi connectivity index (χ2n) is 5.35. The van der Waals surface area contributed by atoms with Gasteiger partial charge in [-0.25, -0.2) is 0 Å². The average Bonchev–Trinajstić information content (AvgIpc) is 2.56. The Morgan fingerprint density at radius 1 is 1.13 bits per heavy atom. The Morgan fingerprint density at radius 2 is 1.87 bits per heavy atom. The fourth-order valence-electron chi connectivity index (χ4n) is 1.99. The first-order valence-corrected chi connectivity index (χ1v) is 8.88. The van der Waals surface area contributed by atoms with Crippen LogP contribution in [0.4, 0.5) is 5.69 Å². The third-order valence-electron chi connectivity index (χ3n) is 3.31. The zero-order valence-electron chi connectivity index (χ0n) is 13.7. The molecule has 2 aromatic rings. The summed E-state index contributed by atoms with van der Waals surface area (Å²) in [5.41, 5.74) is 1.95. The Bertz CT molecular complexity index is 626. The highest BCUT2D eigenvalue weighted by Crippen LogP contribution is 2.25. The van der Waals surface area contributed by atoms with Crippen LogP contribution in [0, 0.1) is 6.92 Å². The average molecular weight is 329 g/mol. The van der Waals surface area contributed by atoms with Gasteiger partial charge in [-0.3, -0.25) is 4.79 Å². The molecule has 0 aliphatic heterocycles. The van der Waals surface area contributed by atoms with Gasteiger partial charge < -0.3 is 10.1 Å². The molecule has 0 saturated carbocycles. The maximum absolute atomic E-state index is 12.1. The minimum Gasteiger partial charge on any atom is -0.491 e. The van der Waals surface area contributed by atoms with Crippen molar-refractivity contribution < 1.29 is 9.53 Å². The summed E-state index contributed by atoms with van der Waals surface area (Å²) in [4.78, 5) is 13.2. The summed E-state index contributed by atoms with van der Waals surface area (Å²) in [6.45, 7) is 4.84. The highest BCUT2D eigenvalue weighted by molar-refractivity contribution is 8.00. The highest BCUT2D eigenvalue weighted by atomic mass is 32.2.